The highest BCUT2D eigenvalue weighted by Crippen LogP contribution is 2.16. The quantitative estimate of drug-likeness (QED) is 0.799. The van der Waals surface area contributed by atoms with Crippen molar-refractivity contribution in [3.8, 4) is 0 Å². The molecule has 0 aromatic heterocycles. The highest BCUT2D eigenvalue weighted by Gasteiger charge is 2.29. The van der Waals surface area contributed by atoms with Gasteiger partial charge in [0, 0.05) is 45.8 Å². The van der Waals surface area contributed by atoms with Crippen LogP contribution in [-0.2, 0) is 4.79 Å². The third-order valence-electron chi connectivity index (χ3n) is 4.71. The molecule has 136 valence electrons. The van der Waals surface area contributed by atoms with E-state index in [0.29, 0.717) is 6.54 Å². The van der Waals surface area contributed by atoms with Crippen LogP contribution < -0.4 is 5.32 Å². The summed E-state index contributed by atoms with van der Waals surface area (Å²) in [6.07, 6.45) is 3.82. The molecule has 0 radical (unpaired) electrons. The molecule has 0 bridgehead atoms. The zero-order valence-electron chi connectivity index (χ0n) is 14.5. The van der Waals surface area contributed by atoms with Crippen LogP contribution in [0.15, 0.2) is 0 Å². The van der Waals surface area contributed by atoms with Crippen molar-refractivity contribution in [3.63, 3.8) is 0 Å². The summed E-state index contributed by atoms with van der Waals surface area (Å²) in [6, 6.07) is -0.303. The minimum Gasteiger partial charge on any atom is -0.481 e. The molecule has 0 aromatic carbocycles. The molecule has 2 unspecified atom stereocenters. The first-order valence-electron chi connectivity index (χ1n) is 8.66. The maximum absolute atomic E-state index is 12.4. The molecule has 2 rings (SSSR count). The number of urea groups is 2. The van der Waals surface area contributed by atoms with Crippen molar-refractivity contribution < 1.29 is 19.5 Å². The topological polar surface area (TPSA) is 93.2 Å². The van der Waals surface area contributed by atoms with Gasteiger partial charge in [0.1, 0.15) is 0 Å². The molecule has 2 N–H and O–H groups in total. The Hall–Kier alpha value is -1.99. The van der Waals surface area contributed by atoms with Crippen molar-refractivity contribution in [2.45, 2.75) is 38.6 Å². The number of amides is 4. The summed E-state index contributed by atoms with van der Waals surface area (Å²) in [5, 5.41) is 11.8. The average Bonchev–Trinajstić information content (AvgIpc) is 3.08. The Balaban J connectivity index is 1.82. The number of rotatable bonds is 4. The fraction of sp³-hybridized carbons (Fsp3) is 0.812. The molecule has 2 fully saturated rings. The highest BCUT2D eigenvalue weighted by molar-refractivity contribution is 5.77. The summed E-state index contributed by atoms with van der Waals surface area (Å²) in [4.78, 5) is 40.6. The number of carbonyl (C=O) groups is 3. The van der Waals surface area contributed by atoms with Gasteiger partial charge in [0.05, 0.1) is 5.92 Å². The largest absolute Gasteiger partial charge is 0.481 e. The Bertz CT molecular complexity index is 479. The molecule has 8 heteroatoms. The van der Waals surface area contributed by atoms with E-state index in [1.807, 2.05) is 9.80 Å². The zero-order chi connectivity index (χ0) is 17.7. The van der Waals surface area contributed by atoms with Crippen LogP contribution in [0.4, 0.5) is 9.59 Å². The number of nitrogens with one attached hydrogen (secondary N) is 1. The molecule has 0 spiro atoms. The van der Waals surface area contributed by atoms with E-state index < -0.39 is 11.9 Å². The van der Waals surface area contributed by atoms with Crippen molar-refractivity contribution in [2.75, 3.05) is 39.8 Å². The molecular formula is C16H28N4O4. The van der Waals surface area contributed by atoms with Gasteiger partial charge in [-0.25, -0.2) is 9.59 Å². The number of nitrogens with zero attached hydrogens (tertiary/aromatic N) is 3. The third-order valence-corrected chi connectivity index (χ3v) is 4.71. The molecule has 2 aliphatic rings. The van der Waals surface area contributed by atoms with Crippen LogP contribution in [-0.4, -0.2) is 83.7 Å². The van der Waals surface area contributed by atoms with Crippen molar-refractivity contribution in [2.24, 2.45) is 5.92 Å². The lowest BCUT2D eigenvalue weighted by Gasteiger charge is -2.36. The summed E-state index contributed by atoms with van der Waals surface area (Å²) in [6.45, 7) is 4.62. The normalized spacial score (nSPS) is 22.2. The number of carboxylic acid groups (broad SMARTS) is 1. The van der Waals surface area contributed by atoms with Crippen molar-refractivity contribution >= 4 is 18.0 Å². The summed E-state index contributed by atoms with van der Waals surface area (Å²) in [7, 11) is 1.59. The first kappa shape index (κ1) is 18.4. The molecule has 2 aliphatic heterocycles. The molecule has 0 saturated carbocycles. The van der Waals surface area contributed by atoms with Crippen LogP contribution >= 0.6 is 0 Å². The molecule has 24 heavy (non-hydrogen) atoms. The zero-order valence-corrected chi connectivity index (χ0v) is 14.5. The van der Waals surface area contributed by atoms with Gasteiger partial charge in [-0.2, -0.15) is 0 Å². The van der Waals surface area contributed by atoms with E-state index in [2.05, 4.69) is 5.32 Å². The van der Waals surface area contributed by atoms with Crippen LogP contribution in [0.1, 0.15) is 32.6 Å². The summed E-state index contributed by atoms with van der Waals surface area (Å²) < 4.78 is 0. The summed E-state index contributed by atoms with van der Waals surface area (Å²) in [5.41, 5.74) is 0. The Kier molecular flexibility index (Phi) is 6.28. The number of aliphatic carboxylic acids is 1. The van der Waals surface area contributed by atoms with E-state index in [1.165, 1.54) is 4.90 Å². The predicted octanol–water partition coefficient (Wildman–Crippen LogP) is 1.03. The average molecular weight is 340 g/mol. The van der Waals surface area contributed by atoms with Crippen LogP contribution in [0.3, 0.4) is 0 Å². The van der Waals surface area contributed by atoms with E-state index >= 15 is 0 Å². The monoisotopic (exact) mass is 340 g/mol. The fourth-order valence-corrected chi connectivity index (χ4v) is 3.23. The van der Waals surface area contributed by atoms with E-state index in [0.717, 1.165) is 45.3 Å². The second-order valence-corrected chi connectivity index (χ2v) is 6.83. The van der Waals surface area contributed by atoms with E-state index in [4.69, 9.17) is 5.11 Å². The van der Waals surface area contributed by atoms with Gasteiger partial charge >= 0.3 is 18.0 Å². The Morgan fingerprint density at radius 3 is 2.42 bits per heavy atom. The highest BCUT2D eigenvalue weighted by atomic mass is 16.4. The Morgan fingerprint density at radius 2 is 1.79 bits per heavy atom. The number of carboxylic acids is 1. The maximum Gasteiger partial charge on any atom is 0.320 e. The number of hydrogen-bond donors (Lipinski definition) is 2. The predicted molar refractivity (Wildman–Crippen MR) is 88.8 cm³/mol. The smallest absolute Gasteiger partial charge is 0.320 e. The van der Waals surface area contributed by atoms with Gasteiger partial charge in [-0.05, 0) is 25.7 Å². The maximum atomic E-state index is 12.4. The Morgan fingerprint density at radius 1 is 1.17 bits per heavy atom. The van der Waals surface area contributed by atoms with Crippen LogP contribution in [0, 0.1) is 5.92 Å². The Labute approximate surface area is 142 Å². The van der Waals surface area contributed by atoms with Gasteiger partial charge in [-0.15, -0.1) is 0 Å². The van der Waals surface area contributed by atoms with Gasteiger partial charge < -0.3 is 25.1 Å². The summed E-state index contributed by atoms with van der Waals surface area (Å²) >= 11 is 0. The van der Waals surface area contributed by atoms with Crippen LogP contribution in [0.2, 0.25) is 0 Å². The number of likely N-dealkylation sites (tertiary alicyclic amines) is 2. The van der Waals surface area contributed by atoms with Crippen molar-refractivity contribution in [1.29, 1.82) is 0 Å². The number of hydrogen-bond acceptors (Lipinski definition) is 3. The number of carbonyl (C=O) groups excluding carboxylic acids is 2. The molecule has 4 amide bonds. The van der Waals surface area contributed by atoms with Gasteiger partial charge in [0.2, 0.25) is 0 Å². The third kappa shape index (κ3) is 4.75. The lowest BCUT2D eigenvalue weighted by atomic mass is 10.1. The fourth-order valence-electron chi connectivity index (χ4n) is 3.23. The minimum absolute atomic E-state index is 0.0688. The molecule has 0 aliphatic carbocycles. The van der Waals surface area contributed by atoms with Gasteiger partial charge in [0.25, 0.3) is 0 Å². The molecular weight excluding hydrogens is 312 g/mol. The first-order valence-corrected chi connectivity index (χ1v) is 8.66. The van der Waals surface area contributed by atoms with Gasteiger partial charge in [0.15, 0.2) is 0 Å². The van der Waals surface area contributed by atoms with Crippen LogP contribution in [0.5, 0.6) is 0 Å². The van der Waals surface area contributed by atoms with E-state index in [9.17, 15) is 14.4 Å². The molecule has 2 atom stereocenters. The molecule has 8 nitrogen and oxygen atoms in total. The molecule has 2 heterocycles. The lowest BCUT2D eigenvalue weighted by Crippen LogP contribution is -2.54. The van der Waals surface area contributed by atoms with Crippen LogP contribution in [0.25, 0.3) is 0 Å². The second kappa shape index (κ2) is 8.21. The first-order chi connectivity index (χ1) is 11.4. The van der Waals surface area contributed by atoms with E-state index in [-0.39, 0.29) is 24.6 Å². The minimum atomic E-state index is -0.922. The lowest BCUT2D eigenvalue weighted by molar-refractivity contribution is -0.141. The second-order valence-electron chi connectivity index (χ2n) is 6.83. The molecule has 0 aromatic rings. The SMILES string of the molecule is CC(CN(C)C(=O)NC1CCCN(C(=O)N2CCCC2)C1)C(=O)O. The van der Waals surface area contributed by atoms with E-state index in [1.54, 1.807) is 14.0 Å². The standard InChI is InChI=1S/C16H28N4O4/c1-12(14(21)22)10-18(2)15(23)17-13-6-5-9-20(11-13)16(24)19-7-3-4-8-19/h12-13H,3-11H2,1-2H3,(H,17,23)(H,21,22). The van der Waals surface area contributed by atoms with Gasteiger partial charge in [-0.1, -0.05) is 6.92 Å². The summed E-state index contributed by atoms with van der Waals surface area (Å²) in [5.74, 6) is -1.53. The van der Waals surface area contributed by atoms with Gasteiger partial charge in [-0.3, -0.25) is 4.79 Å². The van der Waals surface area contributed by atoms with Crippen molar-refractivity contribution in [1.82, 2.24) is 20.0 Å². The number of piperidine rings is 1. The van der Waals surface area contributed by atoms with Crippen molar-refractivity contribution in [3.05, 3.63) is 0 Å². The molecule has 2 saturated heterocycles.